The van der Waals surface area contributed by atoms with Crippen molar-refractivity contribution in [1.82, 2.24) is 5.32 Å². The van der Waals surface area contributed by atoms with Gasteiger partial charge >= 0.3 is 0 Å². The van der Waals surface area contributed by atoms with E-state index < -0.39 is 9.84 Å². The highest BCUT2D eigenvalue weighted by atomic mass is 32.2. The van der Waals surface area contributed by atoms with Gasteiger partial charge in [-0.15, -0.1) is 0 Å². The molecule has 0 aliphatic carbocycles. The SMILES string of the molecule is CCC(CC)C(NC1CCCS(=O)(=O)C1)c1ccccc1. The van der Waals surface area contributed by atoms with Gasteiger partial charge in [-0.25, -0.2) is 8.42 Å². The minimum absolute atomic E-state index is 0.0922. The first-order valence-electron chi connectivity index (χ1n) is 8.07. The third-order valence-corrected chi connectivity index (χ3v) is 6.38. The Morgan fingerprint density at radius 2 is 1.86 bits per heavy atom. The second-order valence-corrected chi connectivity index (χ2v) is 8.31. The summed E-state index contributed by atoms with van der Waals surface area (Å²) in [6.07, 6.45) is 3.94. The topological polar surface area (TPSA) is 46.2 Å². The van der Waals surface area contributed by atoms with Gasteiger partial charge in [-0.05, 0) is 24.3 Å². The van der Waals surface area contributed by atoms with E-state index in [0.29, 0.717) is 11.7 Å². The van der Waals surface area contributed by atoms with Gasteiger partial charge in [0, 0.05) is 12.1 Å². The van der Waals surface area contributed by atoms with E-state index in [2.05, 4.69) is 43.4 Å². The summed E-state index contributed by atoms with van der Waals surface area (Å²) in [6, 6.07) is 10.8. The van der Waals surface area contributed by atoms with Gasteiger partial charge in [0.25, 0.3) is 0 Å². The Labute approximate surface area is 129 Å². The van der Waals surface area contributed by atoms with Crippen molar-refractivity contribution in [3.05, 3.63) is 35.9 Å². The van der Waals surface area contributed by atoms with Crippen molar-refractivity contribution in [2.75, 3.05) is 11.5 Å². The summed E-state index contributed by atoms with van der Waals surface area (Å²) >= 11 is 0. The van der Waals surface area contributed by atoms with E-state index >= 15 is 0 Å². The van der Waals surface area contributed by atoms with Crippen molar-refractivity contribution in [2.24, 2.45) is 5.92 Å². The van der Waals surface area contributed by atoms with Crippen LogP contribution < -0.4 is 5.32 Å². The largest absolute Gasteiger partial charge is 0.306 e. The fourth-order valence-electron chi connectivity index (χ4n) is 3.33. The number of hydrogen-bond donors (Lipinski definition) is 1. The average Bonchev–Trinajstić information content (AvgIpc) is 2.47. The Kier molecular flexibility index (Phi) is 5.82. The van der Waals surface area contributed by atoms with E-state index in [1.807, 2.05) is 6.07 Å². The van der Waals surface area contributed by atoms with Crippen LogP contribution in [0.25, 0.3) is 0 Å². The van der Waals surface area contributed by atoms with Crippen molar-refractivity contribution in [3.63, 3.8) is 0 Å². The molecule has 1 N–H and O–H groups in total. The fourth-order valence-corrected chi connectivity index (χ4v) is 4.98. The first-order valence-corrected chi connectivity index (χ1v) is 9.89. The highest BCUT2D eigenvalue weighted by molar-refractivity contribution is 7.91. The molecule has 2 atom stereocenters. The monoisotopic (exact) mass is 309 g/mol. The fraction of sp³-hybridized carbons (Fsp3) is 0.647. The van der Waals surface area contributed by atoms with Gasteiger partial charge in [0.15, 0.2) is 9.84 Å². The van der Waals surface area contributed by atoms with E-state index in [1.54, 1.807) is 0 Å². The molecule has 1 aromatic carbocycles. The Balaban J connectivity index is 2.16. The predicted molar refractivity (Wildman–Crippen MR) is 88.1 cm³/mol. The van der Waals surface area contributed by atoms with E-state index in [0.717, 1.165) is 25.7 Å². The lowest BCUT2D eigenvalue weighted by molar-refractivity contribution is 0.305. The molecule has 1 heterocycles. The highest BCUT2D eigenvalue weighted by Crippen LogP contribution is 2.29. The quantitative estimate of drug-likeness (QED) is 0.876. The highest BCUT2D eigenvalue weighted by Gasteiger charge is 2.29. The van der Waals surface area contributed by atoms with Crippen LogP contribution in [0.15, 0.2) is 30.3 Å². The summed E-state index contributed by atoms with van der Waals surface area (Å²) in [5.41, 5.74) is 1.27. The molecule has 3 nitrogen and oxygen atoms in total. The number of rotatable bonds is 6. The molecular formula is C17H27NO2S. The molecule has 0 aromatic heterocycles. The molecule has 118 valence electrons. The van der Waals surface area contributed by atoms with Gasteiger partial charge in [0.2, 0.25) is 0 Å². The number of benzene rings is 1. The van der Waals surface area contributed by atoms with Crippen LogP contribution >= 0.6 is 0 Å². The van der Waals surface area contributed by atoms with Crippen LogP contribution in [0.2, 0.25) is 0 Å². The molecule has 4 heteroatoms. The molecule has 2 unspecified atom stereocenters. The number of hydrogen-bond acceptors (Lipinski definition) is 3. The van der Waals surface area contributed by atoms with Gasteiger partial charge in [-0.1, -0.05) is 57.0 Å². The van der Waals surface area contributed by atoms with Crippen LogP contribution in [0.1, 0.15) is 51.1 Å². The van der Waals surface area contributed by atoms with Gasteiger partial charge < -0.3 is 5.32 Å². The molecule has 0 radical (unpaired) electrons. The summed E-state index contributed by atoms with van der Waals surface area (Å²) in [4.78, 5) is 0. The normalized spacial score (nSPS) is 23.1. The minimum atomic E-state index is -2.86. The zero-order valence-electron chi connectivity index (χ0n) is 13.1. The Bertz CT molecular complexity index is 523. The van der Waals surface area contributed by atoms with E-state index in [-0.39, 0.29) is 17.8 Å². The molecule has 1 aliphatic heterocycles. The maximum atomic E-state index is 11.8. The summed E-state index contributed by atoms with van der Waals surface area (Å²) in [7, 11) is -2.86. The Morgan fingerprint density at radius 1 is 1.19 bits per heavy atom. The van der Waals surface area contributed by atoms with Crippen LogP contribution in [-0.4, -0.2) is 26.0 Å². The number of sulfone groups is 1. The molecular weight excluding hydrogens is 282 g/mol. The molecule has 0 amide bonds. The lowest BCUT2D eigenvalue weighted by atomic mass is 9.88. The summed E-state index contributed by atoms with van der Waals surface area (Å²) in [5.74, 6) is 1.18. The van der Waals surface area contributed by atoms with Gasteiger partial charge in [0.05, 0.1) is 11.5 Å². The second-order valence-electron chi connectivity index (χ2n) is 6.09. The van der Waals surface area contributed by atoms with Gasteiger partial charge in [-0.3, -0.25) is 0 Å². The van der Waals surface area contributed by atoms with Crippen LogP contribution in [0, 0.1) is 5.92 Å². The molecule has 1 saturated heterocycles. The lowest BCUT2D eigenvalue weighted by Gasteiger charge is -2.33. The van der Waals surface area contributed by atoms with Crippen LogP contribution in [0.4, 0.5) is 0 Å². The Hall–Kier alpha value is -0.870. The first-order chi connectivity index (χ1) is 10.1. The molecule has 2 rings (SSSR count). The molecule has 1 aromatic rings. The van der Waals surface area contributed by atoms with E-state index in [4.69, 9.17) is 0 Å². The zero-order chi connectivity index (χ0) is 15.3. The zero-order valence-corrected chi connectivity index (χ0v) is 13.9. The van der Waals surface area contributed by atoms with Crippen molar-refractivity contribution >= 4 is 9.84 Å². The lowest BCUT2D eigenvalue weighted by Crippen LogP contribution is -2.43. The molecule has 1 aliphatic rings. The van der Waals surface area contributed by atoms with Crippen molar-refractivity contribution in [3.8, 4) is 0 Å². The maximum absolute atomic E-state index is 11.8. The second kappa shape index (κ2) is 7.41. The van der Waals surface area contributed by atoms with Crippen LogP contribution in [0.3, 0.4) is 0 Å². The van der Waals surface area contributed by atoms with Gasteiger partial charge in [0.1, 0.15) is 0 Å². The summed E-state index contributed by atoms with van der Waals surface area (Å²) in [6.45, 7) is 4.42. The van der Waals surface area contributed by atoms with Crippen molar-refractivity contribution < 1.29 is 8.42 Å². The van der Waals surface area contributed by atoms with Crippen molar-refractivity contribution in [2.45, 2.75) is 51.6 Å². The Morgan fingerprint density at radius 3 is 2.43 bits per heavy atom. The van der Waals surface area contributed by atoms with E-state index in [1.165, 1.54) is 5.56 Å². The number of nitrogens with one attached hydrogen (secondary N) is 1. The van der Waals surface area contributed by atoms with Crippen LogP contribution in [-0.2, 0) is 9.84 Å². The maximum Gasteiger partial charge on any atom is 0.151 e. The molecule has 0 bridgehead atoms. The molecule has 1 fully saturated rings. The third-order valence-electron chi connectivity index (χ3n) is 4.56. The molecule has 0 saturated carbocycles. The van der Waals surface area contributed by atoms with E-state index in [9.17, 15) is 8.42 Å². The first kappa shape index (κ1) is 16.5. The third kappa shape index (κ3) is 4.55. The molecule has 21 heavy (non-hydrogen) atoms. The van der Waals surface area contributed by atoms with Crippen molar-refractivity contribution in [1.29, 1.82) is 0 Å². The summed E-state index contributed by atoms with van der Waals surface area (Å²) in [5, 5.41) is 3.65. The standard InChI is InChI=1S/C17H27NO2S/c1-3-14(4-2)17(15-9-6-5-7-10-15)18-16-11-8-12-21(19,20)13-16/h5-7,9-10,14,16-18H,3-4,8,11-13H2,1-2H3. The predicted octanol–water partition coefficient (Wildman–Crippen LogP) is 3.33. The summed E-state index contributed by atoms with van der Waals surface area (Å²) < 4.78 is 23.7. The van der Waals surface area contributed by atoms with Gasteiger partial charge in [-0.2, -0.15) is 0 Å². The van der Waals surface area contributed by atoms with Crippen LogP contribution in [0.5, 0.6) is 0 Å². The average molecular weight is 309 g/mol. The minimum Gasteiger partial charge on any atom is -0.306 e. The smallest absolute Gasteiger partial charge is 0.151 e. The molecule has 0 spiro atoms.